The summed E-state index contributed by atoms with van der Waals surface area (Å²) in [5.74, 6) is 0.102. The number of ketones is 1. The van der Waals surface area contributed by atoms with Crippen molar-refractivity contribution >= 4 is 5.78 Å². The van der Waals surface area contributed by atoms with Crippen LogP contribution in [0.1, 0.15) is 26.2 Å². The highest BCUT2D eigenvalue weighted by Gasteiger charge is 2.48. The Morgan fingerprint density at radius 1 is 1.67 bits per heavy atom. The summed E-state index contributed by atoms with van der Waals surface area (Å²) >= 11 is 0. The van der Waals surface area contributed by atoms with E-state index in [1.54, 1.807) is 6.92 Å². The molecule has 0 aliphatic heterocycles. The molecule has 0 amide bonds. The average molecular weight is 130 g/mol. The highest BCUT2D eigenvalue weighted by molar-refractivity contribution is 5.87. The van der Waals surface area contributed by atoms with Crippen LogP contribution in [-0.2, 0) is 4.79 Å². The zero-order valence-corrected chi connectivity index (χ0v) is 5.61. The second-order valence-electron chi connectivity index (χ2n) is 2.69. The average Bonchev–Trinajstić information content (AvgIpc) is 2.66. The third-order valence-corrected chi connectivity index (χ3v) is 2.02. The normalized spacial score (nSPS) is 21.6. The van der Waals surface area contributed by atoms with Crippen LogP contribution >= 0.6 is 0 Å². The minimum atomic E-state index is -0.505. The molecule has 9 heavy (non-hydrogen) atoms. The van der Waals surface area contributed by atoms with E-state index in [2.05, 4.69) is 0 Å². The van der Waals surface area contributed by atoms with Gasteiger partial charge in [-0.2, -0.15) is 0 Å². The summed E-state index contributed by atoms with van der Waals surface area (Å²) in [7, 11) is 0. The van der Waals surface area contributed by atoms with E-state index in [-0.39, 0.29) is 5.78 Å². The summed E-state index contributed by atoms with van der Waals surface area (Å²) in [5, 5.41) is 0. The van der Waals surface area contributed by atoms with Gasteiger partial charge in [0.1, 0.15) is 12.5 Å². The molecule has 1 aliphatic rings. The fraction of sp³-hybridized carbons (Fsp3) is 0.857. The molecule has 0 aromatic heterocycles. The quantitative estimate of drug-likeness (QED) is 0.568. The van der Waals surface area contributed by atoms with Gasteiger partial charge in [0.2, 0.25) is 0 Å². The predicted molar refractivity (Wildman–Crippen MR) is 32.9 cm³/mol. The van der Waals surface area contributed by atoms with Crippen LogP contribution < -0.4 is 0 Å². The fourth-order valence-corrected chi connectivity index (χ4v) is 1.01. The Morgan fingerprint density at radius 2 is 2.22 bits per heavy atom. The minimum Gasteiger partial charge on any atom is -0.299 e. The molecule has 1 saturated carbocycles. The van der Waals surface area contributed by atoms with Crippen LogP contribution in [0.3, 0.4) is 0 Å². The van der Waals surface area contributed by atoms with E-state index >= 15 is 0 Å². The zero-order chi connectivity index (χ0) is 6.91. The van der Waals surface area contributed by atoms with E-state index in [1.165, 1.54) is 0 Å². The van der Waals surface area contributed by atoms with Gasteiger partial charge in [-0.15, -0.1) is 0 Å². The van der Waals surface area contributed by atoms with Crippen molar-refractivity contribution in [2.24, 2.45) is 5.41 Å². The lowest BCUT2D eigenvalue weighted by Gasteiger charge is -2.04. The standard InChI is InChI=1S/C7H11FO/c1-2-6(9)7(5-8)3-4-7/h2-5H2,1H3. The fourth-order valence-electron chi connectivity index (χ4n) is 1.01. The first kappa shape index (κ1) is 6.72. The maximum Gasteiger partial charge on any atom is 0.141 e. The van der Waals surface area contributed by atoms with Crippen LogP contribution in [0, 0.1) is 5.41 Å². The van der Waals surface area contributed by atoms with Crippen molar-refractivity contribution < 1.29 is 9.18 Å². The molecule has 2 heteroatoms. The SMILES string of the molecule is CCC(=O)C1(CF)CC1. The summed E-state index contributed by atoms with van der Waals surface area (Å²) in [6.07, 6.45) is 2.04. The lowest BCUT2D eigenvalue weighted by atomic mass is 10.0. The second kappa shape index (κ2) is 2.09. The van der Waals surface area contributed by atoms with E-state index in [0.717, 1.165) is 12.8 Å². The van der Waals surface area contributed by atoms with Crippen LogP contribution in [0.4, 0.5) is 4.39 Å². The Morgan fingerprint density at radius 3 is 2.33 bits per heavy atom. The Hall–Kier alpha value is -0.400. The molecule has 0 spiro atoms. The molecular weight excluding hydrogens is 119 g/mol. The summed E-state index contributed by atoms with van der Waals surface area (Å²) in [6.45, 7) is 1.34. The molecular formula is C7H11FO. The number of hydrogen-bond donors (Lipinski definition) is 0. The van der Waals surface area contributed by atoms with Gasteiger partial charge in [-0.25, -0.2) is 0 Å². The van der Waals surface area contributed by atoms with Crippen molar-refractivity contribution in [3.05, 3.63) is 0 Å². The van der Waals surface area contributed by atoms with Gasteiger partial charge in [0.15, 0.2) is 0 Å². The highest BCUT2D eigenvalue weighted by atomic mass is 19.1. The summed E-state index contributed by atoms with van der Waals surface area (Å²) in [4.78, 5) is 10.9. The minimum absolute atomic E-state index is 0.102. The molecule has 0 aromatic carbocycles. The number of rotatable bonds is 3. The molecule has 0 radical (unpaired) electrons. The predicted octanol–water partition coefficient (Wildman–Crippen LogP) is 1.72. The molecule has 0 N–H and O–H groups in total. The molecule has 1 fully saturated rings. The largest absolute Gasteiger partial charge is 0.299 e. The zero-order valence-electron chi connectivity index (χ0n) is 5.61. The Bertz CT molecular complexity index is 127. The third kappa shape index (κ3) is 0.979. The highest BCUT2D eigenvalue weighted by Crippen LogP contribution is 2.47. The van der Waals surface area contributed by atoms with Crippen molar-refractivity contribution in [2.45, 2.75) is 26.2 Å². The topological polar surface area (TPSA) is 17.1 Å². The molecule has 0 heterocycles. The van der Waals surface area contributed by atoms with Gasteiger partial charge in [-0.1, -0.05) is 6.92 Å². The van der Waals surface area contributed by atoms with E-state index < -0.39 is 12.1 Å². The molecule has 1 nitrogen and oxygen atoms in total. The van der Waals surface area contributed by atoms with Crippen molar-refractivity contribution in [3.8, 4) is 0 Å². The molecule has 0 bridgehead atoms. The van der Waals surface area contributed by atoms with Crippen LogP contribution in [-0.4, -0.2) is 12.5 Å². The molecule has 0 saturated heterocycles. The van der Waals surface area contributed by atoms with E-state index in [0.29, 0.717) is 6.42 Å². The summed E-state index contributed by atoms with van der Waals surface area (Å²) in [6, 6.07) is 0. The number of alkyl halides is 1. The Balaban J connectivity index is 2.49. The van der Waals surface area contributed by atoms with Gasteiger partial charge >= 0.3 is 0 Å². The maximum absolute atomic E-state index is 12.0. The van der Waals surface area contributed by atoms with Gasteiger partial charge < -0.3 is 0 Å². The molecule has 52 valence electrons. The number of carbonyl (C=O) groups is 1. The monoisotopic (exact) mass is 130 g/mol. The van der Waals surface area contributed by atoms with Crippen molar-refractivity contribution in [2.75, 3.05) is 6.67 Å². The summed E-state index contributed by atoms with van der Waals surface area (Å²) < 4.78 is 12.0. The van der Waals surface area contributed by atoms with Crippen LogP contribution in [0.15, 0.2) is 0 Å². The summed E-state index contributed by atoms with van der Waals surface area (Å²) in [5.41, 5.74) is -0.505. The third-order valence-electron chi connectivity index (χ3n) is 2.02. The van der Waals surface area contributed by atoms with Gasteiger partial charge in [-0.05, 0) is 12.8 Å². The Kier molecular flexibility index (Phi) is 1.56. The lowest BCUT2D eigenvalue weighted by Crippen LogP contribution is -2.16. The van der Waals surface area contributed by atoms with Gasteiger partial charge in [-0.3, -0.25) is 9.18 Å². The van der Waals surface area contributed by atoms with Crippen molar-refractivity contribution in [1.82, 2.24) is 0 Å². The molecule has 0 atom stereocenters. The maximum atomic E-state index is 12.0. The molecule has 0 unspecified atom stereocenters. The lowest BCUT2D eigenvalue weighted by molar-refractivity contribution is -0.124. The number of carbonyl (C=O) groups excluding carboxylic acids is 1. The van der Waals surface area contributed by atoms with E-state index in [1.807, 2.05) is 0 Å². The van der Waals surface area contributed by atoms with Crippen LogP contribution in [0.2, 0.25) is 0 Å². The van der Waals surface area contributed by atoms with E-state index in [9.17, 15) is 9.18 Å². The molecule has 1 rings (SSSR count). The number of halogens is 1. The number of hydrogen-bond acceptors (Lipinski definition) is 1. The van der Waals surface area contributed by atoms with Gasteiger partial charge in [0, 0.05) is 6.42 Å². The smallest absolute Gasteiger partial charge is 0.141 e. The second-order valence-corrected chi connectivity index (χ2v) is 2.69. The van der Waals surface area contributed by atoms with Crippen LogP contribution in [0.5, 0.6) is 0 Å². The molecule has 1 aliphatic carbocycles. The van der Waals surface area contributed by atoms with Crippen molar-refractivity contribution in [3.63, 3.8) is 0 Å². The first-order valence-corrected chi connectivity index (χ1v) is 3.34. The first-order valence-electron chi connectivity index (χ1n) is 3.34. The van der Waals surface area contributed by atoms with Gasteiger partial charge in [0.05, 0.1) is 5.41 Å². The molecule has 0 aromatic rings. The Labute approximate surface area is 54.3 Å². The van der Waals surface area contributed by atoms with Crippen LogP contribution in [0.25, 0.3) is 0 Å². The first-order chi connectivity index (χ1) is 4.25. The van der Waals surface area contributed by atoms with E-state index in [4.69, 9.17) is 0 Å². The number of Topliss-reactive ketones (excluding diaryl/α,β-unsaturated/α-hetero) is 1. The van der Waals surface area contributed by atoms with Crippen molar-refractivity contribution in [1.29, 1.82) is 0 Å². The van der Waals surface area contributed by atoms with Gasteiger partial charge in [0.25, 0.3) is 0 Å².